The van der Waals surface area contributed by atoms with Crippen molar-refractivity contribution in [1.29, 1.82) is 0 Å². The molecule has 2 aromatic rings. The quantitative estimate of drug-likeness (QED) is 0.847. The molecule has 1 aromatic carbocycles. The molecule has 0 aliphatic carbocycles. The number of carbonyl (C=O) groups is 1. The summed E-state index contributed by atoms with van der Waals surface area (Å²) in [4.78, 5) is 12.4. The van der Waals surface area contributed by atoms with E-state index in [2.05, 4.69) is 10.4 Å². The normalized spacial score (nSPS) is 10.5. The molecule has 2 rings (SSSR count). The molecule has 6 heteroatoms. The maximum absolute atomic E-state index is 12.4. The number of ether oxygens (including phenoxy) is 2. The van der Waals surface area contributed by atoms with Gasteiger partial charge in [-0.2, -0.15) is 5.10 Å². The first kappa shape index (κ1) is 17.8. The Kier molecular flexibility index (Phi) is 5.84. The fraction of sp³-hybridized carbons (Fsp3) is 0.444. The van der Waals surface area contributed by atoms with Crippen molar-refractivity contribution in [2.75, 3.05) is 13.2 Å². The van der Waals surface area contributed by atoms with Gasteiger partial charge in [-0.3, -0.25) is 9.48 Å². The van der Waals surface area contributed by atoms with Crippen molar-refractivity contribution < 1.29 is 14.3 Å². The fourth-order valence-corrected chi connectivity index (χ4v) is 2.58. The van der Waals surface area contributed by atoms with Gasteiger partial charge in [-0.25, -0.2) is 0 Å². The van der Waals surface area contributed by atoms with E-state index < -0.39 is 0 Å². The Labute approximate surface area is 142 Å². The lowest BCUT2D eigenvalue weighted by Gasteiger charge is -2.13. The van der Waals surface area contributed by atoms with Crippen LogP contribution in [0.25, 0.3) is 0 Å². The summed E-state index contributed by atoms with van der Waals surface area (Å²) in [6, 6.07) is 5.70. The van der Waals surface area contributed by atoms with E-state index >= 15 is 0 Å². The van der Waals surface area contributed by atoms with Gasteiger partial charge in [0.1, 0.15) is 0 Å². The molecular formula is C18H25N3O3. The number of hydrogen-bond acceptors (Lipinski definition) is 4. The predicted octanol–water partition coefficient (Wildman–Crippen LogP) is 2.76. The molecule has 6 nitrogen and oxygen atoms in total. The van der Waals surface area contributed by atoms with E-state index in [0.717, 1.165) is 17.0 Å². The smallest absolute Gasteiger partial charge is 0.255 e. The molecule has 0 saturated heterocycles. The predicted molar refractivity (Wildman–Crippen MR) is 92.6 cm³/mol. The summed E-state index contributed by atoms with van der Waals surface area (Å²) in [6.07, 6.45) is 0. The van der Waals surface area contributed by atoms with E-state index in [9.17, 15) is 4.79 Å². The molecule has 0 fully saturated rings. The number of rotatable bonds is 7. The maximum atomic E-state index is 12.4. The van der Waals surface area contributed by atoms with E-state index in [4.69, 9.17) is 9.47 Å². The van der Waals surface area contributed by atoms with Crippen molar-refractivity contribution in [3.05, 3.63) is 40.7 Å². The van der Waals surface area contributed by atoms with Gasteiger partial charge in [0, 0.05) is 19.3 Å². The van der Waals surface area contributed by atoms with Gasteiger partial charge in [0.05, 0.1) is 24.5 Å². The Balaban J connectivity index is 2.11. The second-order valence-electron chi connectivity index (χ2n) is 5.50. The summed E-state index contributed by atoms with van der Waals surface area (Å²) in [5.41, 5.74) is 3.17. The van der Waals surface area contributed by atoms with Gasteiger partial charge in [0.2, 0.25) is 0 Å². The van der Waals surface area contributed by atoms with Gasteiger partial charge in [-0.05, 0) is 45.4 Å². The highest BCUT2D eigenvalue weighted by atomic mass is 16.5. The summed E-state index contributed by atoms with van der Waals surface area (Å²) >= 11 is 0. The molecule has 1 N–H and O–H groups in total. The van der Waals surface area contributed by atoms with Crippen LogP contribution in [0.3, 0.4) is 0 Å². The third-order valence-corrected chi connectivity index (χ3v) is 3.80. The Morgan fingerprint density at radius 2 is 1.83 bits per heavy atom. The van der Waals surface area contributed by atoms with Gasteiger partial charge in [0.25, 0.3) is 5.91 Å². The third kappa shape index (κ3) is 3.88. The van der Waals surface area contributed by atoms with Crippen LogP contribution in [0.15, 0.2) is 18.2 Å². The maximum Gasteiger partial charge on any atom is 0.255 e. The molecule has 0 aliphatic rings. The van der Waals surface area contributed by atoms with Crippen LogP contribution in [0.2, 0.25) is 0 Å². The summed E-state index contributed by atoms with van der Waals surface area (Å²) in [5, 5.41) is 7.22. The molecule has 130 valence electrons. The number of nitrogens with zero attached hydrogens (tertiary/aromatic N) is 2. The molecule has 0 aliphatic heterocycles. The number of hydrogen-bond donors (Lipinski definition) is 1. The molecule has 1 heterocycles. The lowest BCUT2D eigenvalue weighted by molar-refractivity contribution is 0.0949. The Hall–Kier alpha value is -2.50. The molecular weight excluding hydrogens is 306 g/mol. The number of aryl methyl sites for hydroxylation is 2. The van der Waals surface area contributed by atoms with E-state index in [1.54, 1.807) is 4.68 Å². The van der Waals surface area contributed by atoms with Crippen molar-refractivity contribution in [2.45, 2.75) is 34.2 Å². The molecule has 0 saturated carbocycles. The number of benzene rings is 1. The largest absolute Gasteiger partial charge is 0.490 e. The monoisotopic (exact) mass is 331 g/mol. The van der Waals surface area contributed by atoms with Gasteiger partial charge in [-0.15, -0.1) is 0 Å². The summed E-state index contributed by atoms with van der Waals surface area (Å²) in [5.74, 6) is 1.29. The van der Waals surface area contributed by atoms with Crippen LogP contribution in [-0.2, 0) is 13.6 Å². The number of amides is 1. The van der Waals surface area contributed by atoms with Crippen molar-refractivity contribution >= 4 is 5.91 Å². The zero-order valence-electron chi connectivity index (χ0n) is 15.0. The highest BCUT2D eigenvalue weighted by Gasteiger charge is 2.17. The first-order valence-corrected chi connectivity index (χ1v) is 8.14. The van der Waals surface area contributed by atoms with Crippen molar-refractivity contribution in [3.63, 3.8) is 0 Å². The van der Waals surface area contributed by atoms with Crippen LogP contribution in [0.4, 0.5) is 0 Å². The summed E-state index contributed by atoms with van der Waals surface area (Å²) in [6.45, 7) is 9.14. The topological polar surface area (TPSA) is 65.4 Å². The van der Waals surface area contributed by atoms with Crippen molar-refractivity contribution in [3.8, 4) is 11.5 Å². The van der Waals surface area contributed by atoms with Crippen LogP contribution in [0.5, 0.6) is 11.5 Å². The summed E-state index contributed by atoms with van der Waals surface area (Å²) in [7, 11) is 1.83. The number of aromatic nitrogens is 2. The van der Waals surface area contributed by atoms with Crippen LogP contribution < -0.4 is 14.8 Å². The third-order valence-electron chi connectivity index (χ3n) is 3.80. The zero-order valence-corrected chi connectivity index (χ0v) is 15.0. The molecule has 0 radical (unpaired) electrons. The van der Waals surface area contributed by atoms with E-state index in [0.29, 0.717) is 36.8 Å². The second-order valence-corrected chi connectivity index (χ2v) is 5.50. The molecule has 0 bridgehead atoms. The van der Waals surface area contributed by atoms with Gasteiger partial charge in [0.15, 0.2) is 11.5 Å². The highest BCUT2D eigenvalue weighted by Crippen LogP contribution is 2.28. The van der Waals surface area contributed by atoms with E-state index in [1.807, 2.05) is 52.9 Å². The first-order chi connectivity index (χ1) is 11.5. The van der Waals surface area contributed by atoms with Crippen molar-refractivity contribution in [2.24, 2.45) is 7.05 Å². The van der Waals surface area contributed by atoms with Gasteiger partial charge in [-0.1, -0.05) is 6.07 Å². The molecule has 0 spiro atoms. The Morgan fingerprint density at radius 3 is 2.42 bits per heavy atom. The van der Waals surface area contributed by atoms with Crippen LogP contribution in [-0.4, -0.2) is 28.9 Å². The number of carbonyl (C=O) groups excluding carboxylic acids is 1. The Morgan fingerprint density at radius 1 is 1.17 bits per heavy atom. The summed E-state index contributed by atoms with van der Waals surface area (Å²) < 4.78 is 12.9. The molecule has 1 amide bonds. The lowest BCUT2D eigenvalue weighted by atomic mass is 10.1. The molecule has 0 unspecified atom stereocenters. The van der Waals surface area contributed by atoms with Gasteiger partial charge < -0.3 is 14.8 Å². The van der Waals surface area contributed by atoms with Crippen LogP contribution in [0, 0.1) is 13.8 Å². The number of nitrogens with one attached hydrogen (secondary N) is 1. The minimum atomic E-state index is -0.120. The van der Waals surface area contributed by atoms with E-state index in [1.165, 1.54) is 0 Å². The molecule has 24 heavy (non-hydrogen) atoms. The van der Waals surface area contributed by atoms with Crippen LogP contribution >= 0.6 is 0 Å². The Bertz CT molecular complexity index is 723. The second kappa shape index (κ2) is 7.86. The van der Waals surface area contributed by atoms with Crippen molar-refractivity contribution in [1.82, 2.24) is 15.1 Å². The average Bonchev–Trinajstić information content (AvgIpc) is 2.80. The van der Waals surface area contributed by atoms with E-state index in [-0.39, 0.29) is 5.91 Å². The first-order valence-electron chi connectivity index (χ1n) is 8.14. The molecule has 1 aromatic heterocycles. The minimum Gasteiger partial charge on any atom is -0.490 e. The minimum absolute atomic E-state index is 0.120. The molecule has 0 atom stereocenters. The highest BCUT2D eigenvalue weighted by molar-refractivity contribution is 5.96. The lowest BCUT2D eigenvalue weighted by Crippen LogP contribution is -2.24. The SMILES string of the molecule is CCOc1ccc(CNC(=O)c2c(C)nn(C)c2C)cc1OCC. The zero-order chi connectivity index (χ0) is 17.7. The fourth-order valence-electron chi connectivity index (χ4n) is 2.58. The van der Waals surface area contributed by atoms with Crippen LogP contribution in [0.1, 0.15) is 41.2 Å². The average molecular weight is 331 g/mol. The standard InChI is InChI=1S/C18H25N3O3/c1-6-23-15-9-8-14(10-16(15)24-7-2)11-19-18(22)17-12(3)20-21(5)13(17)4/h8-10H,6-7,11H2,1-5H3,(H,19,22). The van der Waals surface area contributed by atoms with Gasteiger partial charge >= 0.3 is 0 Å².